The third-order valence-corrected chi connectivity index (χ3v) is 5.47. The van der Waals surface area contributed by atoms with Gasteiger partial charge in [0.25, 0.3) is 0 Å². The van der Waals surface area contributed by atoms with Crippen molar-refractivity contribution in [2.24, 2.45) is 5.92 Å². The standard InChI is InChI=1S/C21H21NO6/c23-11-17-18(24)19(25)21(17,27)20(26)28-16-5-3-12(4-6-16)14-2-1-13-7-8-22-10-15(13)9-14/h1-10,17-20,23-27H,11H2. The van der Waals surface area contributed by atoms with Crippen molar-refractivity contribution < 1.29 is 30.3 Å². The lowest BCUT2D eigenvalue weighted by molar-refractivity contribution is -0.332. The number of hydrogen-bond acceptors (Lipinski definition) is 7. The summed E-state index contributed by atoms with van der Waals surface area (Å²) in [6, 6.07) is 14.8. The van der Waals surface area contributed by atoms with E-state index in [1.807, 2.05) is 24.3 Å². The van der Waals surface area contributed by atoms with Crippen LogP contribution in [0.1, 0.15) is 0 Å². The zero-order valence-corrected chi connectivity index (χ0v) is 14.9. The predicted octanol–water partition coefficient (Wildman–Crippen LogP) is 0.674. The lowest BCUT2D eigenvalue weighted by Crippen LogP contribution is -2.76. The highest BCUT2D eigenvalue weighted by atomic mass is 16.6. The molecule has 2 aromatic carbocycles. The van der Waals surface area contributed by atoms with Crippen LogP contribution in [0.5, 0.6) is 5.75 Å². The molecule has 1 saturated carbocycles. The van der Waals surface area contributed by atoms with Crippen LogP contribution < -0.4 is 4.74 Å². The maximum Gasteiger partial charge on any atom is 0.229 e. The molecule has 5 N–H and O–H groups in total. The molecule has 1 aromatic heterocycles. The van der Waals surface area contributed by atoms with Crippen LogP contribution in [-0.2, 0) is 0 Å². The van der Waals surface area contributed by atoms with E-state index in [-0.39, 0.29) is 5.75 Å². The van der Waals surface area contributed by atoms with Crippen molar-refractivity contribution in [3.63, 3.8) is 0 Å². The molecule has 1 aliphatic carbocycles. The topological polar surface area (TPSA) is 123 Å². The molecule has 0 aliphatic heterocycles. The van der Waals surface area contributed by atoms with Crippen molar-refractivity contribution in [3.8, 4) is 16.9 Å². The van der Waals surface area contributed by atoms with Crippen LogP contribution in [-0.4, -0.2) is 61.2 Å². The molecule has 7 heteroatoms. The van der Waals surface area contributed by atoms with Gasteiger partial charge in [0.05, 0.1) is 12.7 Å². The fourth-order valence-corrected chi connectivity index (χ4v) is 3.67. The molecule has 0 radical (unpaired) electrons. The largest absolute Gasteiger partial charge is 0.462 e. The number of pyridine rings is 1. The van der Waals surface area contributed by atoms with E-state index in [4.69, 9.17) is 4.74 Å². The van der Waals surface area contributed by atoms with Crippen LogP contribution in [0.15, 0.2) is 60.9 Å². The SMILES string of the molecule is OCC1C(O)C(O)C1(O)C(O)Oc1ccc(-c2ccc3ccncc3c2)cc1. The number of benzene rings is 2. The zero-order chi connectivity index (χ0) is 19.9. The molecule has 146 valence electrons. The van der Waals surface area contributed by atoms with Crippen molar-refractivity contribution in [1.29, 1.82) is 0 Å². The molecule has 4 rings (SSSR count). The molecule has 7 nitrogen and oxygen atoms in total. The number of ether oxygens (including phenoxy) is 1. The van der Waals surface area contributed by atoms with E-state index in [0.29, 0.717) is 0 Å². The van der Waals surface area contributed by atoms with Crippen molar-refractivity contribution in [1.82, 2.24) is 4.98 Å². The van der Waals surface area contributed by atoms with Gasteiger partial charge < -0.3 is 30.3 Å². The number of nitrogens with zero attached hydrogens (tertiary/aromatic N) is 1. The van der Waals surface area contributed by atoms with Crippen LogP contribution >= 0.6 is 0 Å². The van der Waals surface area contributed by atoms with E-state index >= 15 is 0 Å². The van der Waals surface area contributed by atoms with Crippen molar-refractivity contribution in [2.45, 2.75) is 24.1 Å². The molecule has 0 saturated heterocycles. The molecule has 0 bridgehead atoms. The van der Waals surface area contributed by atoms with Gasteiger partial charge in [-0.15, -0.1) is 0 Å². The smallest absolute Gasteiger partial charge is 0.229 e. The highest BCUT2D eigenvalue weighted by Gasteiger charge is 2.65. The van der Waals surface area contributed by atoms with Gasteiger partial charge in [0, 0.05) is 23.7 Å². The van der Waals surface area contributed by atoms with Gasteiger partial charge in [0.2, 0.25) is 6.29 Å². The summed E-state index contributed by atoms with van der Waals surface area (Å²) >= 11 is 0. The first kappa shape index (κ1) is 18.8. The molecule has 1 aliphatic rings. The second-order valence-electron chi connectivity index (χ2n) is 7.04. The van der Waals surface area contributed by atoms with Gasteiger partial charge in [0.1, 0.15) is 11.9 Å². The molecular formula is C21H21NO6. The molecule has 1 fully saturated rings. The monoisotopic (exact) mass is 383 g/mol. The molecule has 5 unspecified atom stereocenters. The Balaban J connectivity index is 1.51. The lowest BCUT2D eigenvalue weighted by atomic mass is 9.64. The molecule has 0 spiro atoms. The fraction of sp³-hybridized carbons (Fsp3) is 0.286. The predicted molar refractivity (Wildman–Crippen MR) is 101 cm³/mol. The van der Waals surface area contributed by atoms with E-state index in [0.717, 1.165) is 21.9 Å². The summed E-state index contributed by atoms with van der Waals surface area (Å²) in [5, 5.41) is 51.4. The summed E-state index contributed by atoms with van der Waals surface area (Å²) in [6.45, 7) is -0.592. The summed E-state index contributed by atoms with van der Waals surface area (Å²) in [5.74, 6) is -0.819. The van der Waals surface area contributed by atoms with Crippen molar-refractivity contribution in [2.75, 3.05) is 6.61 Å². The van der Waals surface area contributed by atoms with E-state index in [1.54, 1.807) is 36.7 Å². The number of fused-ring (bicyclic) bond motifs is 1. The Bertz CT molecular complexity index is 978. The second kappa shape index (κ2) is 7.12. The highest BCUT2D eigenvalue weighted by molar-refractivity contribution is 5.86. The summed E-state index contributed by atoms with van der Waals surface area (Å²) in [6.07, 6.45) is -1.19. The minimum atomic E-state index is -2.14. The fourth-order valence-electron chi connectivity index (χ4n) is 3.67. The normalized spacial score (nSPS) is 28.0. The Morgan fingerprint density at radius 3 is 2.43 bits per heavy atom. The molecule has 28 heavy (non-hydrogen) atoms. The van der Waals surface area contributed by atoms with E-state index in [9.17, 15) is 25.5 Å². The van der Waals surface area contributed by atoms with E-state index in [1.165, 1.54) is 0 Å². The van der Waals surface area contributed by atoms with Crippen LogP contribution in [0.25, 0.3) is 21.9 Å². The quantitative estimate of drug-likeness (QED) is 0.411. The average molecular weight is 383 g/mol. The first-order valence-electron chi connectivity index (χ1n) is 8.93. The maximum absolute atomic E-state index is 10.4. The van der Waals surface area contributed by atoms with Crippen LogP contribution in [0.4, 0.5) is 0 Å². The van der Waals surface area contributed by atoms with E-state index < -0.39 is 36.6 Å². The first-order valence-corrected chi connectivity index (χ1v) is 8.93. The van der Waals surface area contributed by atoms with Gasteiger partial charge in [-0.2, -0.15) is 0 Å². The van der Waals surface area contributed by atoms with Gasteiger partial charge in [-0.1, -0.05) is 24.3 Å². The minimum absolute atomic E-state index is 0.275. The Morgan fingerprint density at radius 2 is 1.71 bits per heavy atom. The summed E-state index contributed by atoms with van der Waals surface area (Å²) in [5.41, 5.74) is -0.221. The second-order valence-corrected chi connectivity index (χ2v) is 7.04. The molecule has 5 atom stereocenters. The van der Waals surface area contributed by atoms with Gasteiger partial charge in [-0.25, -0.2) is 0 Å². The summed E-state index contributed by atoms with van der Waals surface area (Å²) in [4.78, 5) is 4.13. The van der Waals surface area contributed by atoms with Gasteiger partial charge in [0.15, 0.2) is 5.60 Å². The van der Waals surface area contributed by atoms with Gasteiger partial charge in [-0.3, -0.25) is 4.98 Å². The van der Waals surface area contributed by atoms with Gasteiger partial charge >= 0.3 is 0 Å². The molecular weight excluding hydrogens is 362 g/mol. The summed E-state index contributed by atoms with van der Waals surface area (Å²) in [7, 11) is 0. The lowest BCUT2D eigenvalue weighted by Gasteiger charge is -2.53. The van der Waals surface area contributed by atoms with Crippen LogP contribution in [0.2, 0.25) is 0 Å². The number of aromatic nitrogens is 1. The Hall–Kier alpha value is -2.55. The Morgan fingerprint density at radius 1 is 1.00 bits per heavy atom. The number of aliphatic hydroxyl groups excluding tert-OH is 4. The molecule has 0 amide bonds. The maximum atomic E-state index is 10.4. The van der Waals surface area contributed by atoms with Crippen LogP contribution in [0, 0.1) is 5.92 Å². The zero-order valence-electron chi connectivity index (χ0n) is 14.9. The third-order valence-electron chi connectivity index (χ3n) is 5.47. The highest BCUT2D eigenvalue weighted by Crippen LogP contribution is 2.42. The molecule has 1 heterocycles. The van der Waals surface area contributed by atoms with Crippen LogP contribution in [0.3, 0.4) is 0 Å². The van der Waals surface area contributed by atoms with Gasteiger partial charge in [-0.05, 0) is 40.8 Å². The average Bonchev–Trinajstić information content (AvgIpc) is 2.73. The minimum Gasteiger partial charge on any atom is -0.462 e. The Labute approximate surface area is 161 Å². The third kappa shape index (κ3) is 2.94. The van der Waals surface area contributed by atoms with Crippen molar-refractivity contribution >= 4 is 10.8 Å². The van der Waals surface area contributed by atoms with E-state index in [2.05, 4.69) is 4.98 Å². The number of hydrogen-bond donors (Lipinski definition) is 5. The summed E-state index contributed by atoms with van der Waals surface area (Å²) < 4.78 is 5.35. The first-order chi connectivity index (χ1) is 13.4. The number of aliphatic hydroxyl groups is 5. The van der Waals surface area contributed by atoms with Crippen molar-refractivity contribution in [3.05, 3.63) is 60.9 Å². The molecule has 3 aromatic rings. The number of rotatable bonds is 5. The Kier molecular flexibility index (Phi) is 4.78.